The zero-order valence-electron chi connectivity index (χ0n) is 15.4. The summed E-state index contributed by atoms with van der Waals surface area (Å²) in [6.45, 7) is 2.97. The minimum atomic E-state index is 0.284. The SMILES string of the molecule is C[C@@H]1CC[C@@H](Oc2nccc3cc(NC4=NCc5cccnc54)ccc23)C1. The Morgan fingerprint density at radius 2 is 2.04 bits per heavy atom. The fourth-order valence-corrected chi connectivity index (χ4v) is 4.00. The third-order valence-electron chi connectivity index (χ3n) is 5.44. The maximum atomic E-state index is 6.21. The Morgan fingerprint density at radius 3 is 2.93 bits per heavy atom. The molecule has 2 atom stereocenters. The number of rotatable bonds is 3. The first-order valence-corrected chi connectivity index (χ1v) is 9.57. The number of aromatic nitrogens is 2. The van der Waals surface area contributed by atoms with E-state index < -0.39 is 0 Å². The summed E-state index contributed by atoms with van der Waals surface area (Å²) in [6, 6.07) is 12.3. The number of nitrogens with zero attached hydrogens (tertiary/aromatic N) is 3. The largest absolute Gasteiger partial charge is 0.474 e. The highest BCUT2D eigenvalue weighted by Gasteiger charge is 2.24. The lowest BCUT2D eigenvalue weighted by Crippen LogP contribution is -2.13. The third-order valence-corrected chi connectivity index (χ3v) is 5.44. The number of amidine groups is 1. The van der Waals surface area contributed by atoms with E-state index in [1.165, 1.54) is 6.42 Å². The van der Waals surface area contributed by atoms with Gasteiger partial charge in [0.15, 0.2) is 5.84 Å². The summed E-state index contributed by atoms with van der Waals surface area (Å²) >= 11 is 0. The van der Waals surface area contributed by atoms with Crippen LogP contribution in [0.3, 0.4) is 0 Å². The van der Waals surface area contributed by atoms with Crippen LogP contribution in [0.25, 0.3) is 10.8 Å². The van der Waals surface area contributed by atoms with Gasteiger partial charge in [-0.15, -0.1) is 0 Å². The summed E-state index contributed by atoms with van der Waals surface area (Å²) in [5, 5.41) is 5.57. The number of aliphatic imine (C=N–C) groups is 1. The molecule has 1 aromatic carbocycles. The van der Waals surface area contributed by atoms with E-state index in [0.29, 0.717) is 6.54 Å². The van der Waals surface area contributed by atoms with Crippen molar-refractivity contribution >= 4 is 22.3 Å². The van der Waals surface area contributed by atoms with Gasteiger partial charge in [0.05, 0.1) is 6.54 Å². The fourth-order valence-electron chi connectivity index (χ4n) is 4.00. The van der Waals surface area contributed by atoms with Crippen LogP contribution in [0.1, 0.15) is 37.4 Å². The molecule has 5 nitrogen and oxygen atoms in total. The maximum absolute atomic E-state index is 6.21. The quantitative estimate of drug-likeness (QED) is 0.745. The van der Waals surface area contributed by atoms with Crippen molar-refractivity contribution in [2.24, 2.45) is 10.9 Å². The molecule has 5 heteroatoms. The lowest BCUT2D eigenvalue weighted by atomic mass is 10.1. The Kier molecular flexibility index (Phi) is 4.00. The highest BCUT2D eigenvalue weighted by Crippen LogP contribution is 2.32. The Balaban J connectivity index is 1.40. The number of ether oxygens (including phenoxy) is 1. The first kappa shape index (κ1) is 16.2. The van der Waals surface area contributed by atoms with Crippen molar-refractivity contribution in [2.45, 2.75) is 38.8 Å². The molecule has 0 amide bonds. The highest BCUT2D eigenvalue weighted by atomic mass is 16.5. The van der Waals surface area contributed by atoms with Crippen LogP contribution in [0.15, 0.2) is 53.8 Å². The molecule has 0 saturated heterocycles. The van der Waals surface area contributed by atoms with E-state index in [2.05, 4.69) is 51.5 Å². The average Bonchev–Trinajstić information content (AvgIpc) is 3.28. The normalized spacial score (nSPS) is 21.1. The topological polar surface area (TPSA) is 59.4 Å². The first-order valence-electron chi connectivity index (χ1n) is 9.57. The summed E-state index contributed by atoms with van der Waals surface area (Å²) in [6.07, 6.45) is 7.38. The van der Waals surface area contributed by atoms with Crippen LogP contribution < -0.4 is 10.1 Å². The first-order chi connectivity index (χ1) is 13.3. The van der Waals surface area contributed by atoms with Crippen molar-refractivity contribution in [1.82, 2.24) is 9.97 Å². The molecule has 2 aliphatic rings. The van der Waals surface area contributed by atoms with Gasteiger partial charge in [-0.05, 0) is 60.9 Å². The molecule has 3 aromatic rings. The number of hydrogen-bond donors (Lipinski definition) is 1. The number of hydrogen-bond acceptors (Lipinski definition) is 5. The molecular weight excluding hydrogens is 336 g/mol. The summed E-state index contributed by atoms with van der Waals surface area (Å²) < 4.78 is 6.21. The van der Waals surface area contributed by atoms with Gasteiger partial charge in [0.2, 0.25) is 5.88 Å². The Hall–Kier alpha value is -2.95. The van der Waals surface area contributed by atoms with Crippen molar-refractivity contribution in [1.29, 1.82) is 0 Å². The minimum absolute atomic E-state index is 0.284. The zero-order valence-corrected chi connectivity index (χ0v) is 15.4. The second-order valence-corrected chi connectivity index (χ2v) is 7.51. The standard InChI is InChI=1S/C22H22N4O/c1-14-4-6-18(11-14)27-22-19-7-5-17(12-15(19)8-10-24-22)26-21-20-16(13-25-21)3-2-9-23-20/h2-3,5,7-10,12,14,18H,4,6,11,13H2,1H3,(H,25,26)/t14-,18-/m1/s1. The van der Waals surface area contributed by atoms with Gasteiger partial charge in [0.1, 0.15) is 11.8 Å². The van der Waals surface area contributed by atoms with Crippen molar-refractivity contribution in [2.75, 3.05) is 5.32 Å². The number of benzene rings is 1. The molecule has 136 valence electrons. The number of pyridine rings is 2. The second kappa shape index (κ2) is 6.65. The van der Waals surface area contributed by atoms with Gasteiger partial charge < -0.3 is 10.1 Å². The molecule has 0 radical (unpaired) electrons. The molecule has 1 N–H and O–H groups in total. The van der Waals surface area contributed by atoms with Crippen LogP contribution in [0, 0.1) is 5.92 Å². The van der Waals surface area contributed by atoms with Crippen LogP contribution in [-0.4, -0.2) is 21.9 Å². The van der Waals surface area contributed by atoms with Crippen LogP contribution in [0.2, 0.25) is 0 Å². The lowest BCUT2D eigenvalue weighted by molar-refractivity contribution is 0.200. The van der Waals surface area contributed by atoms with Crippen LogP contribution in [0.5, 0.6) is 5.88 Å². The summed E-state index contributed by atoms with van der Waals surface area (Å²) in [4.78, 5) is 13.5. The second-order valence-electron chi connectivity index (χ2n) is 7.51. The molecule has 1 aliphatic heterocycles. The maximum Gasteiger partial charge on any atom is 0.221 e. The molecule has 0 spiro atoms. The predicted octanol–water partition coefficient (Wildman–Crippen LogP) is 4.57. The van der Waals surface area contributed by atoms with E-state index in [4.69, 9.17) is 4.74 Å². The van der Waals surface area contributed by atoms with Gasteiger partial charge >= 0.3 is 0 Å². The Labute approximate surface area is 158 Å². The molecule has 0 bridgehead atoms. The van der Waals surface area contributed by atoms with E-state index in [9.17, 15) is 0 Å². The van der Waals surface area contributed by atoms with E-state index in [-0.39, 0.29) is 6.10 Å². The third kappa shape index (κ3) is 3.14. The monoisotopic (exact) mass is 358 g/mol. The van der Waals surface area contributed by atoms with Crippen molar-refractivity contribution in [3.63, 3.8) is 0 Å². The average molecular weight is 358 g/mol. The van der Waals surface area contributed by atoms with Crippen molar-refractivity contribution < 1.29 is 4.74 Å². The van der Waals surface area contributed by atoms with E-state index in [1.54, 1.807) is 6.20 Å². The Morgan fingerprint density at radius 1 is 1.07 bits per heavy atom. The van der Waals surface area contributed by atoms with Crippen molar-refractivity contribution in [3.05, 3.63) is 60.0 Å². The van der Waals surface area contributed by atoms with Crippen LogP contribution >= 0.6 is 0 Å². The predicted molar refractivity (Wildman–Crippen MR) is 107 cm³/mol. The van der Waals surface area contributed by atoms with E-state index >= 15 is 0 Å². The van der Waals surface area contributed by atoms with Gasteiger partial charge in [0, 0.05) is 29.0 Å². The van der Waals surface area contributed by atoms with Gasteiger partial charge in [-0.3, -0.25) is 9.98 Å². The molecule has 27 heavy (non-hydrogen) atoms. The number of nitrogens with one attached hydrogen (secondary N) is 1. The highest BCUT2D eigenvalue weighted by molar-refractivity contribution is 6.10. The summed E-state index contributed by atoms with van der Waals surface area (Å²) in [5.41, 5.74) is 3.09. The van der Waals surface area contributed by atoms with Crippen LogP contribution in [-0.2, 0) is 6.54 Å². The molecule has 2 aromatic heterocycles. The fraction of sp³-hybridized carbons (Fsp3) is 0.318. The molecule has 1 aliphatic carbocycles. The Bertz CT molecular complexity index is 1030. The molecule has 1 fully saturated rings. The lowest BCUT2D eigenvalue weighted by Gasteiger charge is -2.15. The molecule has 5 rings (SSSR count). The molecule has 0 unspecified atom stereocenters. The van der Waals surface area contributed by atoms with Gasteiger partial charge in [-0.2, -0.15) is 0 Å². The van der Waals surface area contributed by atoms with Gasteiger partial charge in [-0.25, -0.2) is 4.98 Å². The van der Waals surface area contributed by atoms with Gasteiger partial charge in [-0.1, -0.05) is 13.0 Å². The zero-order chi connectivity index (χ0) is 18.2. The molecular formula is C22H22N4O. The molecule has 1 saturated carbocycles. The molecule has 3 heterocycles. The van der Waals surface area contributed by atoms with E-state index in [1.807, 2.05) is 18.3 Å². The smallest absolute Gasteiger partial charge is 0.221 e. The number of fused-ring (bicyclic) bond motifs is 2. The van der Waals surface area contributed by atoms with Crippen molar-refractivity contribution in [3.8, 4) is 5.88 Å². The van der Waals surface area contributed by atoms with E-state index in [0.717, 1.165) is 58.2 Å². The minimum Gasteiger partial charge on any atom is -0.474 e. The summed E-state index contributed by atoms with van der Waals surface area (Å²) in [5.74, 6) is 2.31. The summed E-state index contributed by atoms with van der Waals surface area (Å²) in [7, 11) is 0. The van der Waals surface area contributed by atoms with Gasteiger partial charge in [0.25, 0.3) is 0 Å². The van der Waals surface area contributed by atoms with Crippen LogP contribution in [0.4, 0.5) is 5.69 Å². The number of anilines is 1.